The molecule has 5 rings (SSSR count). The van der Waals surface area contributed by atoms with Crippen molar-refractivity contribution in [2.24, 2.45) is 5.92 Å². The first kappa shape index (κ1) is 24.4. The molecule has 3 heterocycles. The second kappa shape index (κ2) is 10.00. The third-order valence-corrected chi connectivity index (χ3v) is 8.63. The van der Waals surface area contributed by atoms with Gasteiger partial charge in [0.25, 0.3) is 15.9 Å². The molecule has 10 nitrogen and oxygen atoms in total. The van der Waals surface area contributed by atoms with Gasteiger partial charge in [-0.05, 0) is 31.7 Å². The molecule has 11 heteroatoms. The number of hydrogen-bond donors (Lipinski definition) is 2. The van der Waals surface area contributed by atoms with E-state index in [2.05, 4.69) is 15.3 Å². The van der Waals surface area contributed by atoms with E-state index in [1.54, 1.807) is 12.0 Å². The number of aromatic nitrogens is 2. The summed E-state index contributed by atoms with van der Waals surface area (Å²) in [6.07, 6.45) is 9.01. The minimum atomic E-state index is -3.74. The molecule has 0 saturated carbocycles. The van der Waals surface area contributed by atoms with Crippen LogP contribution in [0.3, 0.4) is 0 Å². The molecule has 1 aliphatic carbocycles. The number of imidazole rings is 1. The van der Waals surface area contributed by atoms with Crippen molar-refractivity contribution >= 4 is 33.2 Å². The molecule has 1 fully saturated rings. The van der Waals surface area contributed by atoms with E-state index in [4.69, 9.17) is 4.74 Å². The molecule has 2 aliphatic heterocycles. The first-order chi connectivity index (χ1) is 17.4. The summed E-state index contributed by atoms with van der Waals surface area (Å²) in [5.41, 5.74) is 3.74. The fourth-order valence-corrected chi connectivity index (χ4v) is 6.49. The fourth-order valence-electron chi connectivity index (χ4n) is 5.07. The van der Waals surface area contributed by atoms with Crippen molar-refractivity contribution < 1.29 is 22.7 Å². The molecule has 1 saturated heterocycles. The van der Waals surface area contributed by atoms with E-state index < -0.39 is 15.9 Å². The number of allylic oxidation sites excluding steroid dienone is 2. The Labute approximate surface area is 210 Å². The van der Waals surface area contributed by atoms with Crippen LogP contribution in [0.1, 0.15) is 47.2 Å². The zero-order valence-corrected chi connectivity index (χ0v) is 20.9. The Kier molecular flexibility index (Phi) is 6.78. The number of sulfonamides is 1. The van der Waals surface area contributed by atoms with Crippen LogP contribution in [0.15, 0.2) is 47.9 Å². The first-order valence-corrected chi connectivity index (χ1v) is 13.5. The van der Waals surface area contributed by atoms with Gasteiger partial charge < -0.3 is 19.9 Å². The average molecular weight is 512 g/mol. The van der Waals surface area contributed by atoms with E-state index in [1.807, 2.05) is 30.4 Å². The Morgan fingerprint density at radius 1 is 1.28 bits per heavy atom. The number of nitrogens with zero attached hydrogens (tertiary/aromatic N) is 3. The van der Waals surface area contributed by atoms with Crippen LogP contribution in [0.5, 0.6) is 0 Å². The number of methoxy groups -OCH3 is 1. The van der Waals surface area contributed by atoms with Crippen LogP contribution in [-0.4, -0.2) is 72.8 Å². The van der Waals surface area contributed by atoms with E-state index in [0.717, 1.165) is 23.2 Å². The van der Waals surface area contributed by atoms with E-state index >= 15 is 0 Å². The number of H-pyrrole nitrogens is 1. The van der Waals surface area contributed by atoms with Crippen molar-refractivity contribution in [1.82, 2.24) is 24.5 Å². The molecule has 1 aromatic carbocycles. The lowest BCUT2D eigenvalue weighted by atomic mass is 9.97. The van der Waals surface area contributed by atoms with Gasteiger partial charge >= 0.3 is 0 Å². The summed E-state index contributed by atoms with van der Waals surface area (Å²) in [4.78, 5) is 34.7. The summed E-state index contributed by atoms with van der Waals surface area (Å²) in [5.74, 6) is -0.765. The van der Waals surface area contributed by atoms with Crippen molar-refractivity contribution in [2.45, 2.75) is 30.7 Å². The Hall–Kier alpha value is -3.28. The van der Waals surface area contributed by atoms with Crippen molar-refractivity contribution in [3.8, 4) is 0 Å². The van der Waals surface area contributed by atoms with Crippen LogP contribution in [-0.2, 0) is 19.6 Å². The van der Waals surface area contributed by atoms with Gasteiger partial charge in [0, 0.05) is 61.4 Å². The van der Waals surface area contributed by atoms with Crippen molar-refractivity contribution in [2.75, 3.05) is 33.4 Å². The number of carbonyl (C=O) groups is 2. The summed E-state index contributed by atoms with van der Waals surface area (Å²) in [6, 6.07) is 5.55. The van der Waals surface area contributed by atoms with Gasteiger partial charge in [-0.1, -0.05) is 24.3 Å². The Bertz CT molecular complexity index is 1330. The van der Waals surface area contributed by atoms with Gasteiger partial charge in [0.2, 0.25) is 5.91 Å². The fraction of sp³-hybridized carbons (Fsp3) is 0.400. The molecule has 3 aliphatic rings. The second-order valence-corrected chi connectivity index (χ2v) is 11.0. The van der Waals surface area contributed by atoms with Gasteiger partial charge in [0.05, 0.1) is 18.4 Å². The summed E-state index contributed by atoms with van der Waals surface area (Å²) in [7, 11) is -2.10. The molecule has 0 spiro atoms. The molecule has 1 aromatic heterocycles. The predicted octanol–water partition coefficient (Wildman–Crippen LogP) is 2.20. The molecule has 2 N–H and O–H groups in total. The Balaban J connectivity index is 1.34. The van der Waals surface area contributed by atoms with Gasteiger partial charge in [-0.3, -0.25) is 9.59 Å². The largest absolute Gasteiger partial charge is 0.385 e. The quantitative estimate of drug-likeness (QED) is 0.524. The molecule has 0 bridgehead atoms. The minimum Gasteiger partial charge on any atom is -0.385 e. The van der Waals surface area contributed by atoms with E-state index in [-0.39, 0.29) is 23.4 Å². The highest BCUT2D eigenvalue weighted by Crippen LogP contribution is 2.39. The number of benzene rings is 1. The highest BCUT2D eigenvalue weighted by atomic mass is 32.2. The van der Waals surface area contributed by atoms with Crippen LogP contribution in [0.4, 0.5) is 0 Å². The minimum absolute atomic E-state index is 0.0215. The Morgan fingerprint density at radius 3 is 2.89 bits per heavy atom. The lowest BCUT2D eigenvalue weighted by Gasteiger charge is -2.31. The van der Waals surface area contributed by atoms with Gasteiger partial charge in [-0.2, -0.15) is 4.31 Å². The van der Waals surface area contributed by atoms with Gasteiger partial charge in [-0.25, -0.2) is 13.4 Å². The van der Waals surface area contributed by atoms with Crippen LogP contribution in [0.25, 0.3) is 11.4 Å². The van der Waals surface area contributed by atoms with Crippen molar-refractivity contribution in [1.29, 1.82) is 0 Å². The lowest BCUT2D eigenvalue weighted by Crippen LogP contribution is -2.45. The van der Waals surface area contributed by atoms with Crippen LogP contribution < -0.4 is 5.32 Å². The number of hydrogen-bond acceptors (Lipinski definition) is 6. The zero-order chi connectivity index (χ0) is 25.3. The standard InChI is InChI=1S/C25H29N5O5S/c1-35-13-5-12-30-21-10-3-9-20(18-7-2-8-19(23(18)21)25(30)32)28-24(31)17-6-4-11-29(15-17)36(33,34)22-14-26-16-27-22/h2,7-10,14,16-17H,3-6,11-13,15H2,1H3,(H,26,27)(H,28,31). The summed E-state index contributed by atoms with van der Waals surface area (Å²) in [5, 5.41) is 3.07. The third-order valence-electron chi connectivity index (χ3n) is 6.84. The molecule has 1 atom stereocenters. The first-order valence-electron chi connectivity index (χ1n) is 12.1. The maximum atomic E-state index is 13.3. The molecule has 2 aromatic rings. The molecule has 2 amide bonds. The normalized spacial score (nSPS) is 20.0. The number of ether oxygens (including phenoxy) is 1. The summed E-state index contributed by atoms with van der Waals surface area (Å²) < 4.78 is 32.3. The van der Waals surface area contributed by atoms with E-state index in [9.17, 15) is 18.0 Å². The number of piperidine rings is 1. The Morgan fingerprint density at radius 2 is 2.11 bits per heavy atom. The molecular formula is C25H29N5O5S. The number of aromatic amines is 1. The van der Waals surface area contributed by atoms with Crippen LogP contribution in [0, 0.1) is 5.92 Å². The molecule has 36 heavy (non-hydrogen) atoms. The van der Waals surface area contributed by atoms with Crippen LogP contribution in [0.2, 0.25) is 0 Å². The van der Waals surface area contributed by atoms with E-state index in [1.165, 1.54) is 16.8 Å². The topological polar surface area (TPSA) is 125 Å². The highest BCUT2D eigenvalue weighted by Gasteiger charge is 2.37. The lowest BCUT2D eigenvalue weighted by molar-refractivity contribution is -0.124. The molecule has 190 valence electrons. The smallest absolute Gasteiger partial charge is 0.260 e. The average Bonchev–Trinajstić information content (AvgIpc) is 3.48. The number of amides is 2. The summed E-state index contributed by atoms with van der Waals surface area (Å²) in [6.45, 7) is 1.57. The predicted molar refractivity (Wildman–Crippen MR) is 133 cm³/mol. The van der Waals surface area contributed by atoms with Crippen molar-refractivity contribution in [3.63, 3.8) is 0 Å². The molecular weight excluding hydrogens is 482 g/mol. The van der Waals surface area contributed by atoms with Gasteiger partial charge in [-0.15, -0.1) is 0 Å². The number of rotatable bonds is 8. The zero-order valence-electron chi connectivity index (χ0n) is 20.1. The molecule has 1 unspecified atom stereocenters. The summed E-state index contributed by atoms with van der Waals surface area (Å²) >= 11 is 0. The van der Waals surface area contributed by atoms with Crippen LogP contribution >= 0.6 is 0 Å². The number of carbonyl (C=O) groups excluding carboxylic acids is 2. The third kappa shape index (κ3) is 4.38. The van der Waals surface area contributed by atoms with Crippen molar-refractivity contribution in [3.05, 3.63) is 59.6 Å². The highest BCUT2D eigenvalue weighted by molar-refractivity contribution is 7.89. The second-order valence-electron chi connectivity index (χ2n) is 9.08. The maximum Gasteiger partial charge on any atom is 0.260 e. The molecule has 0 radical (unpaired) electrons. The monoisotopic (exact) mass is 511 g/mol. The SMILES string of the molecule is COCCCN1C(=O)c2cccc3c2C1=CCC=C3NC(=O)C1CCCN(S(=O)(=O)c2cnc[nH]2)C1. The van der Waals surface area contributed by atoms with Gasteiger partial charge in [0.1, 0.15) is 0 Å². The van der Waals surface area contributed by atoms with Gasteiger partial charge in [0.15, 0.2) is 5.03 Å². The number of nitrogens with one attached hydrogen (secondary N) is 2. The maximum absolute atomic E-state index is 13.3. The van der Waals surface area contributed by atoms with E-state index in [0.29, 0.717) is 50.2 Å².